The predicted molar refractivity (Wildman–Crippen MR) is 71.2 cm³/mol. The Morgan fingerprint density at radius 1 is 1.59 bits per heavy atom. The van der Waals surface area contributed by atoms with Crippen LogP contribution in [0.15, 0.2) is 4.73 Å². The fraction of sp³-hybridized carbons (Fsp3) is 0.778. The molecular weight excluding hydrogens is 308 g/mol. The van der Waals surface area contributed by atoms with Crippen LogP contribution < -0.4 is 0 Å². The van der Waals surface area contributed by atoms with Crippen molar-refractivity contribution in [1.82, 2.24) is 14.8 Å². The number of hydrogen-bond donors (Lipinski definition) is 1. The second-order valence-corrected chi connectivity index (χ2v) is 5.94. The average Bonchev–Trinajstić information content (AvgIpc) is 2.54. The van der Waals surface area contributed by atoms with Crippen LogP contribution in [0.4, 0.5) is 5.95 Å². The van der Waals surface area contributed by atoms with Gasteiger partial charge in [-0.15, -0.1) is 0 Å². The Balaban J connectivity index is 2.91. The largest absolute Gasteiger partial charge is 0.492 e. The molecule has 1 atom stereocenters. The van der Waals surface area contributed by atoms with Gasteiger partial charge in [-0.2, -0.15) is 17.3 Å². The highest BCUT2D eigenvalue weighted by Gasteiger charge is 2.28. The van der Waals surface area contributed by atoms with Crippen molar-refractivity contribution in [3.63, 3.8) is 0 Å². The molecule has 0 aliphatic carbocycles. The van der Waals surface area contributed by atoms with E-state index in [0.29, 0.717) is 17.0 Å². The van der Waals surface area contributed by atoms with Crippen molar-refractivity contribution in [2.75, 3.05) is 5.75 Å². The number of hydrogen-bond acceptors (Lipinski definition) is 5. The second kappa shape index (κ2) is 5.34. The Hall–Kier alpha value is -0.630. The molecule has 0 fully saturated rings. The fourth-order valence-electron chi connectivity index (χ4n) is 1.32. The molecule has 0 N–H and O–H groups in total. The van der Waals surface area contributed by atoms with Crippen LogP contribution in [0.3, 0.4) is 0 Å². The summed E-state index contributed by atoms with van der Waals surface area (Å²) in [5.41, 5.74) is 0.0575. The summed E-state index contributed by atoms with van der Waals surface area (Å²) in [7, 11) is 0. The first-order valence-corrected chi connectivity index (χ1v) is 6.54. The van der Waals surface area contributed by atoms with Crippen LogP contribution >= 0.6 is 28.6 Å². The Morgan fingerprint density at radius 3 is 2.53 bits per heavy atom. The van der Waals surface area contributed by atoms with Crippen LogP contribution in [0.25, 0.3) is 0 Å². The van der Waals surface area contributed by atoms with Crippen LogP contribution in [0.1, 0.15) is 20.8 Å². The summed E-state index contributed by atoms with van der Waals surface area (Å²) in [6.45, 7) is 6.86. The van der Waals surface area contributed by atoms with Gasteiger partial charge >= 0.3 is 5.95 Å². The Morgan fingerprint density at radius 2 is 2.18 bits per heavy atom. The minimum absolute atomic E-state index is 0.0575. The third-order valence-electron chi connectivity index (χ3n) is 2.62. The molecule has 96 valence electrons. The lowest BCUT2D eigenvalue weighted by atomic mass is 9.82. The van der Waals surface area contributed by atoms with Crippen molar-refractivity contribution in [3.05, 3.63) is 14.8 Å². The first-order valence-electron chi connectivity index (χ1n) is 5.11. The summed E-state index contributed by atoms with van der Waals surface area (Å²) in [5, 5.41) is 14.4. The van der Waals surface area contributed by atoms with E-state index >= 15 is 0 Å². The maximum Gasteiger partial charge on any atom is 0.492 e. The van der Waals surface area contributed by atoms with Gasteiger partial charge in [-0.05, 0) is 27.0 Å². The summed E-state index contributed by atoms with van der Waals surface area (Å²) < 4.78 is 1.88. The van der Waals surface area contributed by atoms with Crippen molar-refractivity contribution in [3.8, 4) is 0 Å². The molecule has 0 saturated heterocycles. The van der Waals surface area contributed by atoms with E-state index in [1.165, 1.54) is 4.68 Å². The van der Waals surface area contributed by atoms with E-state index in [2.05, 4.69) is 59.4 Å². The number of aromatic nitrogens is 3. The minimum atomic E-state index is -0.603. The van der Waals surface area contributed by atoms with Gasteiger partial charge in [0, 0.05) is 21.0 Å². The minimum Gasteiger partial charge on any atom is -0.390 e. The molecule has 1 heterocycles. The molecule has 0 aliphatic heterocycles. The van der Waals surface area contributed by atoms with Gasteiger partial charge in [0.2, 0.25) is 0 Å². The quantitative estimate of drug-likeness (QED) is 0.525. The topological polar surface area (TPSA) is 73.8 Å². The van der Waals surface area contributed by atoms with Gasteiger partial charge in [-0.25, -0.2) is 0 Å². The smallest absolute Gasteiger partial charge is 0.390 e. The highest BCUT2D eigenvalue weighted by molar-refractivity contribution is 9.10. The molecule has 0 radical (unpaired) electrons. The van der Waals surface area contributed by atoms with Crippen LogP contribution in [0, 0.1) is 21.4 Å². The van der Waals surface area contributed by atoms with E-state index in [1.807, 2.05) is 0 Å². The monoisotopic (exact) mass is 322 g/mol. The predicted octanol–water partition coefficient (Wildman–Crippen LogP) is 2.54. The Bertz CT molecular complexity index is 416. The molecule has 0 aliphatic rings. The summed E-state index contributed by atoms with van der Waals surface area (Å²) in [6.07, 6.45) is 0. The summed E-state index contributed by atoms with van der Waals surface area (Å²) in [5.74, 6) is 0.552. The molecule has 0 bridgehead atoms. The Kier molecular flexibility index (Phi) is 4.54. The van der Waals surface area contributed by atoms with E-state index in [-0.39, 0.29) is 17.3 Å². The van der Waals surface area contributed by atoms with Gasteiger partial charge in [0.05, 0.1) is 6.54 Å². The fourth-order valence-corrected chi connectivity index (χ4v) is 2.37. The number of thiol groups is 1. The molecule has 17 heavy (non-hydrogen) atoms. The molecular formula is C9H15BrN4O2S. The lowest BCUT2D eigenvalue weighted by Crippen LogP contribution is -2.27. The highest BCUT2D eigenvalue weighted by Crippen LogP contribution is 2.29. The van der Waals surface area contributed by atoms with E-state index in [1.54, 1.807) is 0 Å². The van der Waals surface area contributed by atoms with Crippen molar-refractivity contribution in [2.24, 2.45) is 11.3 Å². The normalized spacial score (nSPS) is 13.7. The molecule has 1 unspecified atom stereocenters. The third kappa shape index (κ3) is 3.67. The lowest BCUT2D eigenvalue weighted by Gasteiger charge is -2.28. The molecule has 1 aromatic heterocycles. The van der Waals surface area contributed by atoms with Crippen LogP contribution in [0.5, 0.6) is 0 Å². The molecule has 1 rings (SSSR count). The van der Waals surface area contributed by atoms with Gasteiger partial charge < -0.3 is 10.1 Å². The van der Waals surface area contributed by atoms with Crippen molar-refractivity contribution < 1.29 is 4.92 Å². The van der Waals surface area contributed by atoms with Crippen molar-refractivity contribution in [1.29, 1.82) is 0 Å². The zero-order valence-electron chi connectivity index (χ0n) is 9.92. The van der Waals surface area contributed by atoms with Crippen LogP contribution in [-0.4, -0.2) is 25.4 Å². The lowest BCUT2D eigenvalue weighted by molar-refractivity contribution is -0.394. The number of halogens is 1. The first-order chi connectivity index (χ1) is 7.75. The van der Waals surface area contributed by atoms with Gasteiger partial charge in [0.25, 0.3) is 4.73 Å². The summed E-state index contributed by atoms with van der Waals surface area (Å²) >= 11 is 7.48. The molecule has 0 amide bonds. The molecule has 0 aromatic carbocycles. The van der Waals surface area contributed by atoms with E-state index in [4.69, 9.17) is 0 Å². The average molecular weight is 323 g/mol. The molecule has 0 saturated carbocycles. The molecule has 8 heteroatoms. The first kappa shape index (κ1) is 14.4. The highest BCUT2D eigenvalue weighted by atomic mass is 79.9. The maximum atomic E-state index is 10.6. The number of rotatable bonds is 4. The molecule has 6 nitrogen and oxygen atoms in total. The van der Waals surface area contributed by atoms with Crippen molar-refractivity contribution in [2.45, 2.75) is 27.3 Å². The molecule has 1 aromatic rings. The van der Waals surface area contributed by atoms with E-state index in [0.717, 1.165) is 0 Å². The van der Waals surface area contributed by atoms with Gasteiger partial charge in [-0.3, -0.25) is 0 Å². The standard InChI is InChI=1S/C9H15BrN4O2S/c1-9(2,3)6(5-17)4-13-7(10)11-8(12-13)14(15)16/h6,17H,4-5H2,1-3H3. The second-order valence-electron chi connectivity index (χ2n) is 4.87. The summed E-state index contributed by atoms with van der Waals surface area (Å²) in [4.78, 5) is 13.7. The van der Waals surface area contributed by atoms with Gasteiger partial charge in [0.1, 0.15) is 0 Å². The Labute approximate surface area is 113 Å². The summed E-state index contributed by atoms with van der Waals surface area (Å²) in [6, 6.07) is 0. The third-order valence-corrected chi connectivity index (χ3v) is 3.64. The zero-order chi connectivity index (χ0) is 13.2. The van der Waals surface area contributed by atoms with Crippen LogP contribution in [0.2, 0.25) is 0 Å². The number of nitrogens with zero attached hydrogens (tertiary/aromatic N) is 4. The van der Waals surface area contributed by atoms with Gasteiger partial charge in [-0.1, -0.05) is 20.8 Å². The SMILES string of the molecule is CC(C)(C)C(CS)Cn1nc([N+](=O)[O-])nc1Br. The van der Waals surface area contributed by atoms with Crippen LogP contribution in [-0.2, 0) is 6.54 Å². The number of nitro groups is 1. The maximum absolute atomic E-state index is 10.6. The van der Waals surface area contributed by atoms with Crippen molar-refractivity contribution >= 4 is 34.5 Å². The molecule has 0 spiro atoms. The van der Waals surface area contributed by atoms with E-state index in [9.17, 15) is 10.1 Å². The zero-order valence-corrected chi connectivity index (χ0v) is 12.4. The van der Waals surface area contributed by atoms with Gasteiger partial charge in [0.15, 0.2) is 0 Å². The van der Waals surface area contributed by atoms with E-state index < -0.39 is 4.92 Å².